The maximum Gasteiger partial charge on any atom is 0.312 e. The van der Waals surface area contributed by atoms with Gasteiger partial charge in [0, 0.05) is 11.8 Å². The zero-order chi connectivity index (χ0) is 15.0. The molecule has 6 nitrogen and oxygen atoms in total. The molecule has 0 saturated carbocycles. The van der Waals surface area contributed by atoms with E-state index in [0.717, 1.165) is 0 Å². The van der Waals surface area contributed by atoms with Crippen LogP contribution in [0.1, 0.15) is 25.1 Å². The van der Waals surface area contributed by atoms with Crippen molar-refractivity contribution in [1.82, 2.24) is 9.38 Å². The number of halogens is 1. The molecule has 20 heavy (non-hydrogen) atoms. The van der Waals surface area contributed by atoms with Crippen molar-refractivity contribution in [3.8, 4) is 0 Å². The predicted molar refractivity (Wildman–Crippen MR) is 76.4 cm³/mol. The topological polar surface area (TPSA) is 77.5 Å². The highest BCUT2D eigenvalue weighted by molar-refractivity contribution is 6.30. The number of hydrogen-bond donors (Lipinski definition) is 0. The number of nitrogens with zero attached hydrogens (tertiary/aromatic N) is 3. The third-order valence-electron chi connectivity index (χ3n) is 3.00. The fourth-order valence-electron chi connectivity index (χ4n) is 2.10. The first kappa shape index (κ1) is 14.5. The van der Waals surface area contributed by atoms with Crippen LogP contribution in [0.2, 0.25) is 5.15 Å². The van der Waals surface area contributed by atoms with Gasteiger partial charge < -0.3 is 0 Å². The van der Waals surface area contributed by atoms with Crippen molar-refractivity contribution in [3.63, 3.8) is 0 Å². The van der Waals surface area contributed by atoms with Gasteiger partial charge >= 0.3 is 5.69 Å². The highest BCUT2D eigenvalue weighted by Crippen LogP contribution is 2.22. The molecule has 106 valence electrons. The molecule has 0 aliphatic heterocycles. The summed E-state index contributed by atoms with van der Waals surface area (Å²) in [4.78, 5) is 27.0. The van der Waals surface area contributed by atoms with Gasteiger partial charge in [0.05, 0.1) is 10.5 Å². The summed E-state index contributed by atoms with van der Waals surface area (Å²) in [6.07, 6.45) is 0.482. The summed E-state index contributed by atoms with van der Waals surface area (Å²) in [5.41, 5.74) is 0.394. The molecule has 0 bridgehead atoms. The first-order chi connectivity index (χ1) is 9.32. The number of aryl methyl sites for hydroxylation is 1. The second-order valence-electron chi connectivity index (χ2n) is 5.06. The molecule has 0 N–H and O–H groups in total. The van der Waals surface area contributed by atoms with Gasteiger partial charge in [-0.15, -0.1) is 0 Å². The average molecular weight is 296 g/mol. The van der Waals surface area contributed by atoms with Crippen LogP contribution in [-0.4, -0.2) is 14.3 Å². The number of hydrogen-bond acceptors (Lipinski definition) is 4. The first-order valence-electron chi connectivity index (χ1n) is 6.18. The number of fused-ring (bicyclic) bond motifs is 1. The normalized spacial score (nSPS) is 11.2. The Balaban J connectivity index is 2.89. The molecule has 0 atom stereocenters. The smallest absolute Gasteiger partial charge is 0.269 e. The molecule has 0 spiro atoms. The predicted octanol–water partition coefficient (Wildman–Crippen LogP) is 2.76. The van der Waals surface area contributed by atoms with Crippen LogP contribution in [0.15, 0.2) is 16.9 Å². The van der Waals surface area contributed by atoms with Crippen molar-refractivity contribution < 1.29 is 4.92 Å². The summed E-state index contributed by atoms with van der Waals surface area (Å²) >= 11 is 6.03. The SMILES string of the molecule is Cc1ccc([N+](=O)[O-])c2nc(Cl)c(CC(C)C)c(=O)n12. The third-order valence-corrected chi connectivity index (χ3v) is 3.31. The Kier molecular flexibility index (Phi) is 3.76. The zero-order valence-corrected chi connectivity index (χ0v) is 12.1. The summed E-state index contributed by atoms with van der Waals surface area (Å²) < 4.78 is 1.25. The van der Waals surface area contributed by atoms with Crippen molar-refractivity contribution in [2.45, 2.75) is 27.2 Å². The Labute approximate surface area is 120 Å². The molecule has 0 aliphatic rings. The van der Waals surface area contributed by atoms with Crippen molar-refractivity contribution in [2.75, 3.05) is 0 Å². The lowest BCUT2D eigenvalue weighted by Crippen LogP contribution is -2.23. The van der Waals surface area contributed by atoms with Crippen LogP contribution in [0.5, 0.6) is 0 Å². The second-order valence-corrected chi connectivity index (χ2v) is 5.42. The molecular formula is C13H14ClN3O3. The maximum absolute atomic E-state index is 12.5. The lowest BCUT2D eigenvalue weighted by molar-refractivity contribution is -0.383. The van der Waals surface area contributed by atoms with E-state index in [1.165, 1.54) is 16.5 Å². The van der Waals surface area contributed by atoms with E-state index in [0.29, 0.717) is 17.7 Å². The average Bonchev–Trinajstić information content (AvgIpc) is 2.33. The molecule has 0 aromatic carbocycles. The van der Waals surface area contributed by atoms with E-state index >= 15 is 0 Å². The van der Waals surface area contributed by atoms with E-state index in [4.69, 9.17) is 11.6 Å². The van der Waals surface area contributed by atoms with Crippen molar-refractivity contribution in [2.24, 2.45) is 5.92 Å². The van der Waals surface area contributed by atoms with Gasteiger partial charge in [-0.3, -0.25) is 19.3 Å². The number of rotatable bonds is 3. The van der Waals surface area contributed by atoms with Crippen LogP contribution in [0.4, 0.5) is 5.69 Å². The molecule has 0 radical (unpaired) electrons. The van der Waals surface area contributed by atoms with Gasteiger partial charge in [-0.25, -0.2) is 4.98 Å². The van der Waals surface area contributed by atoms with Crippen LogP contribution in [0, 0.1) is 23.0 Å². The molecule has 2 aromatic rings. The maximum atomic E-state index is 12.5. The van der Waals surface area contributed by atoms with Crippen molar-refractivity contribution in [1.29, 1.82) is 0 Å². The van der Waals surface area contributed by atoms with Crippen molar-refractivity contribution in [3.05, 3.63) is 49.0 Å². The Morgan fingerprint density at radius 1 is 1.45 bits per heavy atom. The van der Waals surface area contributed by atoms with Crippen LogP contribution < -0.4 is 5.56 Å². The summed E-state index contributed by atoms with van der Waals surface area (Å²) in [5, 5.41) is 11.1. The second kappa shape index (κ2) is 5.20. The van der Waals surface area contributed by atoms with E-state index in [-0.39, 0.29) is 28.0 Å². The monoisotopic (exact) mass is 295 g/mol. The minimum Gasteiger partial charge on any atom is -0.269 e. The van der Waals surface area contributed by atoms with Gasteiger partial charge in [0.1, 0.15) is 5.15 Å². The zero-order valence-electron chi connectivity index (χ0n) is 11.4. The van der Waals surface area contributed by atoms with Gasteiger partial charge in [0.25, 0.3) is 5.56 Å². The summed E-state index contributed by atoms with van der Waals surface area (Å²) in [6.45, 7) is 5.63. The molecule has 2 heterocycles. The Morgan fingerprint density at radius 3 is 2.65 bits per heavy atom. The highest BCUT2D eigenvalue weighted by atomic mass is 35.5. The molecule has 0 amide bonds. The molecule has 2 aromatic heterocycles. The Bertz CT molecular complexity index is 753. The minimum absolute atomic E-state index is 0.0162. The quantitative estimate of drug-likeness (QED) is 0.495. The highest BCUT2D eigenvalue weighted by Gasteiger charge is 2.20. The largest absolute Gasteiger partial charge is 0.312 e. The summed E-state index contributed by atoms with van der Waals surface area (Å²) in [5.74, 6) is 0.235. The minimum atomic E-state index is -0.570. The molecular weight excluding hydrogens is 282 g/mol. The lowest BCUT2D eigenvalue weighted by atomic mass is 10.1. The summed E-state index contributed by atoms with van der Waals surface area (Å²) in [7, 11) is 0. The number of aromatic nitrogens is 2. The Hall–Kier alpha value is -1.95. The van der Waals surface area contributed by atoms with E-state index in [9.17, 15) is 14.9 Å². The van der Waals surface area contributed by atoms with Crippen LogP contribution in [0.25, 0.3) is 5.65 Å². The van der Waals surface area contributed by atoms with Crippen molar-refractivity contribution >= 4 is 22.9 Å². The molecule has 0 aliphatic carbocycles. The van der Waals surface area contributed by atoms with Gasteiger partial charge in [-0.2, -0.15) is 0 Å². The molecule has 0 unspecified atom stereocenters. The standard InChI is InChI=1S/C13H14ClN3O3/c1-7(2)6-9-11(14)15-12-10(17(19)20)5-4-8(3)16(12)13(9)18/h4-5,7H,6H2,1-3H3. The fraction of sp³-hybridized carbons (Fsp3) is 0.385. The molecule has 2 rings (SSSR count). The van der Waals surface area contributed by atoms with Crippen LogP contribution >= 0.6 is 11.6 Å². The third kappa shape index (κ3) is 2.38. The van der Waals surface area contributed by atoms with Gasteiger partial charge in [-0.05, 0) is 25.3 Å². The van der Waals surface area contributed by atoms with Crippen LogP contribution in [0.3, 0.4) is 0 Å². The lowest BCUT2D eigenvalue weighted by Gasteiger charge is -2.10. The molecule has 7 heteroatoms. The Morgan fingerprint density at radius 2 is 2.10 bits per heavy atom. The summed E-state index contributed by atoms with van der Waals surface area (Å²) in [6, 6.07) is 2.86. The van der Waals surface area contributed by atoms with E-state index in [1.54, 1.807) is 6.92 Å². The van der Waals surface area contributed by atoms with E-state index in [1.807, 2.05) is 13.8 Å². The van der Waals surface area contributed by atoms with Gasteiger partial charge in [-0.1, -0.05) is 25.4 Å². The van der Waals surface area contributed by atoms with Crippen LogP contribution in [-0.2, 0) is 6.42 Å². The van der Waals surface area contributed by atoms with E-state index in [2.05, 4.69) is 4.98 Å². The number of nitro groups is 1. The number of pyridine rings is 1. The molecule has 0 saturated heterocycles. The van der Waals surface area contributed by atoms with Gasteiger partial charge in [0.15, 0.2) is 0 Å². The van der Waals surface area contributed by atoms with Gasteiger partial charge in [0.2, 0.25) is 5.65 Å². The fourth-order valence-corrected chi connectivity index (χ4v) is 2.34. The first-order valence-corrected chi connectivity index (χ1v) is 6.56. The van der Waals surface area contributed by atoms with E-state index < -0.39 is 4.92 Å². The molecule has 0 fully saturated rings.